The molecule has 124 valence electrons. The first-order valence-corrected chi connectivity index (χ1v) is 8.24. The van der Waals surface area contributed by atoms with Crippen LogP contribution in [0.25, 0.3) is 5.52 Å². The number of rotatable bonds is 3. The number of nitrogens with zero attached hydrogens (tertiary/aromatic N) is 3. The number of hydrogen-bond acceptors (Lipinski definition) is 5. The molecule has 2 aromatic rings. The molecule has 0 bridgehead atoms. The van der Waals surface area contributed by atoms with E-state index in [1.54, 1.807) is 0 Å². The van der Waals surface area contributed by atoms with Crippen LogP contribution in [0.2, 0.25) is 0 Å². The summed E-state index contributed by atoms with van der Waals surface area (Å²) in [5.74, 6) is -0.382. The van der Waals surface area contributed by atoms with Crippen molar-refractivity contribution in [3.8, 4) is 6.07 Å². The first-order chi connectivity index (χ1) is 11.8. The Balaban J connectivity index is 1.40. The lowest BCUT2D eigenvalue weighted by Gasteiger charge is -2.31. The van der Waals surface area contributed by atoms with Gasteiger partial charge in [0, 0.05) is 30.8 Å². The molecule has 1 aliphatic carbocycles. The van der Waals surface area contributed by atoms with Crippen molar-refractivity contribution in [3.63, 3.8) is 0 Å². The SMILES string of the molecule is N#Cc1c(CON=C2CCC3(CC2)OCCO3)cn2ccccc12. The average molecular weight is 325 g/mol. The van der Waals surface area contributed by atoms with E-state index in [1.165, 1.54) is 0 Å². The topological polar surface area (TPSA) is 68.2 Å². The zero-order valence-electron chi connectivity index (χ0n) is 13.4. The zero-order valence-corrected chi connectivity index (χ0v) is 13.4. The van der Waals surface area contributed by atoms with Crippen LogP contribution in [-0.4, -0.2) is 29.1 Å². The van der Waals surface area contributed by atoms with E-state index in [2.05, 4.69) is 11.2 Å². The molecule has 4 rings (SSSR count). The van der Waals surface area contributed by atoms with E-state index in [9.17, 15) is 5.26 Å². The fourth-order valence-corrected chi connectivity index (χ4v) is 3.41. The van der Waals surface area contributed by atoms with Crippen molar-refractivity contribution in [3.05, 3.63) is 41.7 Å². The van der Waals surface area contributed by atoms with Crippen molar-refractivity contribution < 1.29 is 14.3 Å². The van der Waals surface area contributed by atoms with E-state index in [1.807, 2.05) is 35.0 Å². The Morgan fingerprint density at radius 1 is 1.25 bits per heavy atom. The maximum Gasteiger partial charge on any atom is 0.169 e. The molecular weight excluding hydrogens is 306 g/mol. The molecule has 1 aliphatic heterocycles. The van der Waals surface area contributed by atoms with Crippen LogP contribution in [0, 0.1) is 11.3 Å². The van der Waals surface area contributed by atoms with Crippen LogP contribution in [0.15, 0.2) is 35.7 Å². The van der Waals surface area contributed by atoms with Crippen LogP contribution in [-0.2, 0) is 20.9 Å². The van der Waals surface area contributed by atoms with E-state index >= 15 is 0 Å². The second-order valence-electron chi connectivity index (χ2n) is 6.17. The monoisotopic (exact) mass is 325 g/mol. The highest BCUT2D eigenvalue weighted by molar-refractivity contribution is 5.84. The van der Waals surface area contributed by atoms with Crippen LogP contribution in [0.5, 0.6) is 0 Å². The van der Waals surface area contributed by atoms with Gasteiger partial charge in [-0.05, 0) is 25.0 Å². The fraction of sp³-hybridized carbons (Fsp3) is 0.444. The summed E-state index contributed by atoms with van der Waals surface area (Å²) in [6, 6.07) is 8.04. The summed E-state index contributed by atoms with van der Waals surface area (Å²) in [5, 5.41) is 13.7. The van der Waals surface area contributed by atoms with Gasteiger partial charge in [-0.3, -0.25) is 0 Å². The Hall–Kier alpha value is -2.36. The molecule has 0 unspecified atom stereocenters. The van der Waals surface area contributed by atoms with E-state index < -0.39 is 0 Å². The average Bonchev–Trinajstić information content (AvgIpc) is 3.21. The van der Waals surface area contributed by atoms with Gasteiger partial charge in [0.15, 0.2) is 5.79 Å². The summed E-state index contributed by atoms with van der Waals surface area (Å²) in [7, 11) is 0. The second kappa shape index (κ2) is 6.27. The third-order valence-corrected chi connectivity index (χ3v) is 4.69. The highest BCUT2D eigenvalue weighted by Crippen LogP contribution is 2.34. The van der Waals surface area contributed by atoms with Crippen molar-refractivity contribution in [1.82, 2.24) is 4.40 Å². The summed E-state index contributed by atoms with van der Waals surface area (Å²) in [6.07, 6.45) is 7.15. The molecule has 1 saturated heterocycles. The second-order valence-corrected chi connectivity index (χ2v) is 6.17. The van der Waals surface area contributed by atoms with Crippen molar-refractivity contribution in [1.29, 1.82) is 5.26 Å². The Labute approximate surface area is 140 Å². The van der Waals surface area contributed by atoms with E-state index in [4.69, 9.17) is 14.3 Å². The third-order valence-electron chi connectivity index (χ3n) is 4.69. The van der Waals surface area contributed by atoms with E-state index in [0.717, 1.165) is 42.5 Å². The summed E-state index contributed by atoms with van der Waals surface area (Å²) >= 11 is 0. The quantitative estimate of drug-likeness (QED) is 0.814. The number of pyridine rings is 1. The third kappa shape index (κ3) is 2.77. The Kier molecular flexibility index (Phi) is 3.97. The molecule has 6 heteroatoms. The highest BCUT2D eigenvalue weighted by Gasteiger charge is 2.39. The maximum absolute atomic E-state index is 9.39. The van der Waals surface area contributed by atoms with Gasteiger partial charge in [-0.15, -0.1) is 0 Å². The van der Waals surface area contributed by atoms with Gasteiger partial charge in [0.25, 0.3) is 0 Å². The van der Waals surface area contributed by atoms with Gasteiger partial charge in [-0.2, -0.15) is 5.26 Å². The van der Waals surface area contributed by atoms with Gasteiger partial charge in [0.05, 0.1) is 30.0 Å². The Morgan fingerprint density at radius 2 is 2.04 bits per heavy atom. The minimum Gasteiger partial charge on any atom is -0.391 e. The number of nitriles is 1. The molecule has 3 heterocycles. The number of hydrogen-bond donors (Lipinski definition) is 0. The summed E-state index contributed by atoms with van der Waals surface area (Å²) in [5.41, 5.74) is 3.41. The van der Waals surface area contributed by atoms with Crippen LogP contribution < -0.4 is 0 Å². The minimum absolute atomic E-state index is 0.298. The molecule has 24 heavy (non-hydrogen) atoms. The molecule has 1 saturated carbocycles. The maximum atomic E-state index is 9.39. The van der Waals surface area contributed by atoms with Gasteiger partial charge in [-0.1, -0.05) is 11.2 Å². The molecule has 0 N–H and O–H groups in total. The molecule has 6 nitrogen and oxygen atoms in total. The van der Waals surface area contributed by atoms with Crippen molar-refractivity contribution in [2.45, 2.75) is 38.1 Å². The lowest BCUT2D eigenvalue weighted by atomic mass is 9.92. The predicted molar refractivity (Wildman–Crippen MR) is 87.4 cm³/mol. The zero-order chi connectivity index (χ0) is 16.4. The first kappa shape index (κ1) is 15.2. The van der Waals surface area contributed by atoms with Crippen molar-refractivity contribution in [2.75, 3.05) is 13.2 Å². The lowest BCUT2D eigenvalue weighted by molar-refractivity contribution is -0.168. The van der Waals surface area contributed by atoms with Crippen molar-refractivity contribution in [2.24, 2.45) is 5.16 Å². The molecule has 0 amide bonds. The molecule has 0 radical (unpaired) electrons. The highest BCUT2D eigenvalue weighted by atomic mass is 16.7. The van der Waals surface area contributed by atoms with E-state index in [0.29, 0.717) is 25.4 Å². The fourth-order valence-electron chi connectivity index (χ4n) is 3.41. The number of fused-ring (bicyclic) bond motifs is 1. The summed E-state index contributed by atoms with van der Waals surface area (Å²) in [6.45, 7) is 1.66. The van der Waals surface area contributed by atoms with Gasteiger partial charge in [0.1, 0.15) is 12.7 Å². The lowest BCUT2D eigenvalue weighted by Crippen LogP contribution is -2.35. The smallest absolute Gasteiger partial charge is 0.169 e. The molecular formula is C18H19N3O3. The summed E-state index contributed by atoms with van der Waals surface area (Å²) < 4.78 is 13.4. The summed E-state index contributed by atoms with van der Waals surface area (Å²) in [4.78, 5) is 5.52. The normalized spacial score (nSPS) is 19.5. The van der Waals surface area contributed by atoms with Crippen LogP contribution >= 0.6 is 0 Å². The largest absolute Gasteiger partial charge is 0.391 e. The van der Waals surface area contributed by atoms with Crippen LogP contribution in [0.4, 0.5) is 0 Å². The first-order valence-electron chi connectivity index (χ1n) is 8.24. The number of oxime groups is 1. The van der Waals surface area contributed by atoms with E-state index in [-0.39, 0.29) is 5.79 Å². The van der Waals surface area contributed by atoms with Crippen molar-refractivity contribution >= 4 is 11.2 Å². The molecule has 1 spiro atoms. The number of aromatic nitrogens is 1. The van der Waals surface area contributed by atoms with Gasteiger partial charge < -0.3 is 18.7 Å². The van der Waals surface area contributed by atoms with Gasteiger partial charge >= 0.3 is 0 Å². The Morgan fingerprint density at radius 3 is 2.79 bits per heavy atom. The van der Waals surface area contributed by atoms with Crippen LogP contribution in [0.1, 0.15) is 36.8 Å². The molecule has 0 atom stereocenters. The molecule has 2 aromatic heterocycles. The molecule has 0 aromatic carbocycles. The van der Waals surface area contributed by atoms with Gasteiger partial charge in [0.2, 0.25) is 0 Å². The minimum atomic E-state index is -0.382. The molecule has 2 aliphatic rings. The van der Waals surface area contributed by atoms with Gasteiger partial charge in [-0.25, -0.2) is 0 Å². The number of ether oxygens (including phenoxy) is 2. The molecule has 2 fully saturated rings. The predicted octanol–water partition coefficient (Wildman–Crippen LogP) is 3.00. The standard InChI is InChI=1S/C18H19N3O3/c19-11-16-14(12-21-8-2-1-3-17(16)21)13-24-20-15-4-6-18(7-5-15)22-9-10-23-18/h1-3,8,12H,4-7,9-10,13H2. The van der Waals surface area contributed by atoms with Crippen LogP contribution in [0.3, 0.4) is 0 Å². The Bertz CT molecular complexity index is 801.